The summed E-state index contributed by atoms with van der Waals surface area (Å²) in [5, 5.41) is 3.47. The van der Waals surface area contributed by atoms with Gasteiger partial charge in [-0.05, 0) is 30.4 Å². The van der Waals surface area contributed by atoms with Gasteiger partial charge in [0.25, 0.3) is 0 Å². The fraction of sp³-hybridized carbons (Fsp3) is 0.562. The van der Waals surface area contributed by atoms with Gasteiger partial charge in [-0.15, -0.1) is 0 Å². The van der Waals surface area contributed by atoms with E-state index in [-0.39, 0.29) is 12.3 Å². The number of benzene rings is 1. The highest BCUT2D eigenvalue weighted by Gasteiger charge is 2.18. The number of carbonyl (C=O) groups is 1. The minimum Gasteiger partial charge on any atom is -0.486 e. The predicted molar refractivity (Wildman–Crippen MR) is 82.7 cm³/mol. The van der Waals surface area contributed by atoms with Crippen molar-refractivity contribution < 1.29 is 19.0 Å². The van der Waals surface area contributed by atoms with E-state index >= 15 is 0 Å². The van der Waals surface area contributed by atoms with Gasteiger partial charge in [0, 0.05) is 30.8 Å². The van der Waals surface area contributed by atoms with Gasteiger partial charge in [0.05, 0.1) is 6.42 Å². The zero-order valence-electron chi connectivity index (χ0n) is 12.4. The van der Waals surface area contributed by atoms with Crippen molar-refractivity contribution in [3.63, 3.8) is 0 Å². The number of hydrogen-bond donors (Lipinski definition) is 1. The molecule has 1 amide bonds. The Hall–Kier alpha value is -1.46. The Bertz CT molecular complexity index is 543. The quantitative estimate of drug-likeness (QED) is 0.901. The Labute approximate surface area is 134 Å². The second-order valence-electron chi connectivity index (χ2n) is 5.63. The molecule has 1 fully saturated rings. The topological polar surface area (TPSA) is 56.8 Å². The Balaban J connectivity index is 1.52. The Morgan fingerprint density at radius 1 is 1.23 bits per heavy atom. The molecule has 6 heteroatoms. The van der Waals surface area contributed by atoms with E-state index in [2.05, 4.69) is 5.32 Å². The number of amides is 1. The van der Waals surface area contributed by atoms with Crippen LogP contribution in [0.15, 0.2) is 12.1 Å². The number of fused-ring (bicyclic) bond motifs is 1. The Morgan fingerprint density at radius 3 is 2.73 bits per heavy atom. The summed E-state index contributed by atoms with van der Waals surface area (Å²) in [4.78, 5) is 12.0. The molecule has 2 aliphatic rings. The van der Waals surface area contributed by atoms with Crippen molar-refractivity contribution in [1.82, 2.24) is 5.32 Å². The lowest BCUT2D eigenvalue weighted by Gasteiger charge is -2.19. The molecule has 5 nitrogen and oxygen atoms in total. The maximum absolute atomic E-state index is 12.0. The molecule has 0 saturated carbocycles. The summed E-state index contributed by atoms with van der Waals surface area (Å²) in [7, 11) is 0. The second-order valence-corrected chi connectivity index (χ2v) is 6.04. The average Bonchev–Trinajstić information content (AvgIpc) is 3.01. The number of halogens is 1. The third kappa shape index (κ3) is 3.84. The fourth-order valence-corrected chi connectivity index (χ4v) is 2.92. The summed E-state index contributed by atoms with van der Waals surface area (Å²) in [5.74, 6) is 1.83. The number of ether oxygens (including phenoxy) is 3. The van der Waals surface area contributed by atoms with E-state index in [1.807, 2.05) is 0 Å². The summed E-state index contributed by atoms with van der Waals surface area (Å²) >= 11 is 6.21. The van der Waals surface area contributed by atoms with Gasteiger partial charge in [-0.3, -0.25) is 4.79 Å². The van der Waals surface area contributed by atoms with Gasteiger partial charge in [0.1, 0.15) is 13.2 Å². The third-order valence-corrected chi connectivity index (χ3v) is 4.31. The molecule has 3 rings (SSSR count). The first-order valence-electron chi connectivity index (χ1n) is 7.65. The van der Waals surface area contributed by atoms with Crippen LogP contribution < -0.4 is 14.8 Å². The zero-order valence-corrected chi connectivity index (χ0v) is 13.2. The maximum Gasteiger partial charge on any atom is 0.224 e. The van der Waals surface area contributed by atoms with Crippen molar-refractivity contribution >= 4 is 17.5 Å². The average molecular weight is 326 g/mol. The highest BCUT2D eigenvalue weighted by Crippen LogP contribution is 2.35. The van der Waals surface area contributed by atoms with Crippen LogP contribution in [-0.2, 0) is 16.0 Å². The van der Waals surface area contributed by atoms with E-state index in [9.17, 15) is 4.79 Å². The molecule has 0 spiro atoms. The van der Waals surface area contributed by atoms with E-state index in [1.54, 1.807) is 12.1 Å². The number of nitrogens with one attached hydrogen (secondary N) is 1. The van der Waals surface area contributed by atoms with Gasteiger partial charge >= 0.3 is 0 Å². The molecular formula is C16H20ClNO4. The standard InChI is InChI=1S/C16H20ClNO4/c17-13-9-15-14(21-5-6-22-15)7-12(13)8-16(19)18-3-1-11-2-4-20-10-11/h7,9,11H,1-6,8,10H2,(H,18,19)/t11-/m0/s1. The summed E-state index contributed by atoms with van der Waals surface area (Å²) in [5.41, 5.74) is 0.757. The fourth-order valence-electron chi connectivity index (χ4n) is 2.70. The third-order valence-electron chi connectivity index (χ3n) is 3.96. The first-order valence-corrected chi connectivity index (χ1v) is 8.02. The van der Waals surface area contributed by atoms with Gasteiger partial charge in [-0.25, -0.2) is 0 Å². The van der Waals surface area contributed by atoms with Gasteiger partial charge < -0.3 is 19.5 Å². The van der Waals surface area contributed by atoms with Crippen LogP contribution in [0, 0.1) is 5.92 Å². The van der Waals surface area contributed by atoms with Crippen molar-refractivity contribution in [1.29, 1.82) is 0 Å². The molecule has 120 valence electrons. The Kier molecular flexibility index (Phi) is 5.05. The minimum absolute atomic E-state index is 0.0301. The summed E-state index contributed by atoms with van der Waals surface area (Å²) in [6, 6.07) is 3.51. The van der Waals surface area contributed by atoms with Crippen molar-refractivity contribution in [2.24, 2.45) is 5.92 Å². The molecule has 1 N–H and O–H groups in total. The largest absolute Gasteiger partial charge is 0.486 e. The minimum atomic E-state index is -0.0301. The van der Waals surface area contributed by atoms with Gasteiger partial charge in [-0.2, -0.15) is 0 Å². The maximum atomic E-state index is 12.0. The van der Waals surface area contributed by atoms with Gasteiger partial charge in [0.15, 0.2) is 11.5 Å². The Morgan fingerprint density at radius 2 is 2.00 bits per heavy atom. The molecule has 0 aliphatic carbocycles. The first-order chi connectivity index (χ1) is 10.7. The van der Waals surface area contributed by atoms with E-state index in [0.29, 0.717) is 42.2 Å². The lowest BCUT2D eigenvalue weighted by Crippen LogP contribution is -2.27. The SMILES string of the molecule is O=C(Cc1cc2c(cc1Cl)OCCO2)NCC[C@H]1CCOC1. The van der Waals surface area contributed by atoms with E-state index in [4.69, 9.17) is 25.8 Å². The van der Waals surface area contributed by atoms with Crippen LogP contribution in [-0.4, -0.2) is 38.9 Å². The number of carbonyl (C=O) groups excluding carboxylic acids is 1. The molecule has 1 saturated heterocycles. The van der Waals surface area contributed by atoms with Crippen LogP contribution in [0.4, 0.5) is 0 Å². The molecule has 1 aromatic carbocycles. The van der Waals surface area contributed by atoms with Crippen molar-refractivity contribution in [3.8, 4) is 11.5 Å². The van der Waals surface area contributed by atoms with Crippen LogP contribution in [0.5, 0.6) is 11.5 Å². The molecule has 1 aromatic rings. The second kappa shape index (κ2) is 7.20. The highest BCUT2D eigenvalue weighted by atomic mass is 35.5. The lowest BCUT2D eigenvalue weighted by molar-refractivity contribution is -0.120. The van der Waals surface area contributed by atoms with Crippen molar-refractivity contribution in [3.05, 3.63) is 22.7 Å². The molecular weight excluding hydrogens is 306 g/mol. The molecule has 22 heavy (non-hydrogen) atoms. The van der Waals surface area contributed by atoms with Crippen molar-refractivity contribution in [2.45, 2.75) is 19.3 Å². The van der Waals surface area contributed by atoms with Crippen LogP contribution >= 0.6 is 11.6 Å². The molecule has 0 radical (unpaired) electrons. The smallest absolute Gasteiger partial charge is 0.224 e. The molecule has 2 aliphatic heterocycles. The number of rotatable bonds is 5. The van der Waals surface area contributed by atoms with E-state index < -0.39 is 0 Å². The van der Waals surface area contributed by atoms with Crippen LogP contribution in [0.1, 0.15) is 18.4 Å². The molecule has 0 unspecified atom stereocenters. The van der Waals surface area contributed by atoms with E-state index in [0.717, 1.165) is 31.6 Å². The molecule has 2 heterocycles. The summed E-state index contributed by atoms with van der Waals surface area (Å²) < 4.78 is 16.3. The molecule has 0 aromatic heterocycles. The molecule has 1 atom stereocenters. The zero-order chi connectivity index (χ0) is 15.4. The summed E-state index contributed by atoms with van der Waals surface area (Å²) in [6.45, 7) is 3.36. The predicted octanol–water partition coefficient (Wildman–Crippen LogP) is 2.20. The normalized spacial score (nSPS) is 20.0. The van der Waals surface area contributed by atoms with Crippen molar-refractivity contribution in [2.75, 3.05) is 33.0 Å². The van der Waals surface area contributed by atoms with Gasteiger partial charge in [0.2, 0.25) is 5.91 Å². The monoisotopic (exact) mass is 325 g/mol. The van der Waals surface area contributed by atoms with Crippen LogP contribution in [0.3, 0.4) is 0 Å². The molecule has 0 bridgehead atoms. The van der Waals surface area contributed by atoms with Gasteiger partial charge in [-0.1, -0.05) is 11.6 Å². The lowest BCUT2D eigenvalue weighted by atomic mass is 10.1. The summed E-state index contributed by atoms with van der Waals surface area (Å²) in [6.07, 6.45) is 2.29. The first kappa shape index (κ1) is 15.4. The van der Waals surface area contributed by atoms with Crippen LogP contribution in [0.25, 0.3) is 0 Å². The number of hydrogen-bond acceptors (Lipinski definition) is 4. The highest BCUT2D eigenvalue weighted by molar-refractivity contribution is 6.31. The van der Waals surface area contributed by atoms with E-state index in [1.165, 1.54) is 0 Å². The van der Waals surface area contributed by atoms with Crippen LogP contribution in [0.2, 0.25) is 5.02 Å².